The zero-order valence-corrected chi connectivity index (χ0v) is 18.0. The van der Waals surface area contributed by atoms with Crippen molar-refractivity contribution in [1.29, 1.82) is 0 Å². The van der Waals surface area contributed by atoms with E-state index in [1.165, 1.54) is 10.7 Å². The Morgan fingerprint density at radius 2 is 2.00 bits per heavy atom. The molecule has 7 nitrogen and oxygen atoms in total. The topological polar surface area (TPSA) is 67.7 Å². The van der Waals surface area contributed by atoms with Crippen molar-refractivity contribution in [3.63, 3.8) is 0 Å². The average Bonchev–Trinajstić information content (AvgIpc) is 3.16. The number of hydrogen-bond acceptors (Lipinski definition) is 4. The number of benzene rings is 1. The number of aromatic nitrogens is 2. The predicted molar refractivity (Wildman–Crippen MR) is 111 cm³/mol. The summed E-state index contributed by atoms with van der Waals surface area (Å²) >= 11 is 0. The summed E-state index contributed by atoms with van der Waals surface area (Å²) in [7, 11) is 1.71. The Hall–Kier alpha value is -2.90. The lowest BCUT2D eigenvalue weighted by Gasteiger charge is -2.34. The number of carbonyl (C=O) groups is 2. The SMILES string of the molecule is CN(CC1CCCN(C(=O)c2ccn(-c3ccccc3F)n2)C1)C(=O)OC(C)(C)C. The Labute approximate surface area is 176 Å². The van der Waals surface area contributed by atoms with Crippen molar-refractivity contribution in [3.05, 3.63) is 48.0 Å². The third-order valence-electron chi connectivity index (χ3n) is 4.95. The lowest BCUT2D eigenvalue weighted by molar-refractivity contribution is 0.0244. The molecule has 0 bridgehead atoms. The average molecular weight is 416 g/mol. The molecule has 30 heavy (non-hydrogen) atoms. The Morgan fingerprint density at radius 3 is 2.70 bits per heavy atom. The van der Waals surface area contributed by atoms with Crippen molar-refractivity contribution < 1.29 is 18.7 Å². The molecule has 1 atom stereocenters. The van der Waals surface area contributed by atoms with Crippen molar-refractivity contribution in [2.75, 3.05) is 26.7 Å². The molecule has 2 amide bonds. The number of para-hydroxylation sites is 1. The first-order chi connectivity index (χ1) is 14.1. The molecule has 162 valence electrons. The van der Waals surface area contributed by atoms with E-state index in [1.807, 2.05) is 20.8 Å². The van der Waals surface area contributed by atoms with Crippen LogP contribution in [0.25, 0.3) is 5.69 Å². The second kappa shape index (κ2) is 8.85. The smallest absolute Gasteiger partial charge is 0.410 e. The molecule has 2 heterocycles. The van der Waals surface area contributed by atoms with Crippen molar-refractivity contribution in [1.82, 2.24) is 19.6 Å². The summed E-state index contributed by atoms with van der Waals surface area (Å²) in [6.07, 6.45) is 3.01. The van der Waals surface area contributed by atoms with E-state index in [2.05, 4.69) is 5.10 Å². The van der Waals surface area contributed by atoms with Crippen LogP contribution in [0.3, 0.4) is 0 Å². The van der Waals surface area contributed by atoms with Gasteiger partial charge in [-0.2, -0.15) is 5.10 Å². The fourth-order valence-electron chi connectivity index (χ4n) is 3.57. The number of amides is 2. The summed E-state index contributed by atoms with van der Waals surface area (Å²) in [4.78, 5) is 28.5. The first-order valence-electron chi connectivity index (χ1n) is 10.2. The highest BCUT2D eigenvalue weighted by molar-refractivity contribution is 5.92. The molecule has 1 saturated heterocycles. The number of hydrogen-bond donors (Lipinski definition) is 0. The summed E-state index contributed by atoms with van der Waals surface area (Å²) in [6, 6.07) is 7.90. The second-order valence-corrected chi connectivity index (χ2v) is 8.72. The fourth-order valence-corrected chi connectivity index (χ4v) is 3.57. The molecule has 1 fully saturated rings. The molecule has 8 heteroatoms. The molecule has 1 aromatic carbocycles. The van der Waals surface area contributed by atoms with Crippen LogP contribution in [0.2, 0.25) is 0 Å². The van der Waals surface area contributed by atoms with Crippen molar-refractivity contribution >= 4 is 12.0 Å². The van der Waals surface area contributed by atoms with Gasteiger partial charge in [-0.1, -0.05) is 12.1 Å². The first kappa shape index (κ1) is 21.8. The molecule has 0 radical (unpaired) electrons. The van der Waals surface area contributed by atoms with Gasteiger partial charge < -0.3 is 14.5 Å². The summed E-state index contributed by atoms with van der Waals surface area (Å²) in [5.41, 5.74) is 0.0307. The number of rotatable bonds is 4. The summed E-state index contributed by atoms with van der Waals surface area (Å²) in [5.74, 6) is -0.425. The maximum atomic E-state index is 14.0. The number of halogens is 1. The monoisotopic (exact) mass is 416 g/mol. The van der Waals surface area contributed by atoms with Gasteiger partial charge in [0, 0.05) is 32.9 Å². The van der Waals surface area contributed by atoms with Crippen molar-refractivity contribution in [3.8, 4) is 5.69 Å². The number of nitrogens with zero attached hydrogens (tertiary/aromatic N) is 4. The van der Waals surface area contributed by atoms with Gasteiger partial charge in [-0.05, 0) is 57.7 Å². The lowest BCUT2D eigenvalue weighted by atomic mass is 9.97. The van der Waals surface area contributed by atoms with Gasteiger partial charge in [-0.25, -0.2) is 13.9 Å². The van der Waals surface area contributed by atoms with Crippen LogP contribution in [-0.4, -0.2) is 63.9 Å². The minimum Gasteiger partial charge on any atom is -0.444 e. The third kappa shape index (κ3) is 5.37. The zero-order chi connectivity index (χ0) is 21.9. The van der Waals surface area contributed by atoms with E-state index in [0.717, 1.165) is 12.8 Å². The van der Waals surface area contributed by atoms with E-state index in [1.54, 1.807) is 47.3 Å². The van der Waals surface area contributed by atoms with Crippen LogP contribution in [0.5, 0.6) is 0 Å². The molecule has 1 unspecified atom stereocenters. The normalized spacial score (nSPS) is 17.0. The molecule has 1 aliphatic heterocycles. The van der Waals surface area contributed by atoms with E-state index in [-0.39, 0.29) is 23.6 Å². The number of piperidine rings is 1. The first-order valence-corrected chi connectivity index (χ1v) is 10.2. The van der Waals surface area contributed by atoms with Gasteiger partial charge >= 0.3 is 6.09 Å². The maximum Gasteiger partial charge on any atom is 0.410 e. The maximum absolute atomic E-state index is 14.0. The quantitative estimate of drug-likeness (QED) is 0.762. The molecule has 3 rings (SSSR count). The van der Waals surface area contributed by atoms with Crippen LogP contribution < -0.4 is 0 Å². The van der Waals surface area contributed by atoms with E-state index >= 15 is 0 Å². The van der Waals surface area contributed by atoms with E-state index < -0.39 is 11.4 Å². The molecule has 0 saturated carbocycles. The molecular formula is C22H29FN4O3. The molecule has 0 aliphatic carbocycles. The van der Waals surface area contributed by atoms with E-state index in [9.17, 15) is 14.0 Å². The third-order valence-corrected chi connectivity index (χ3v) is 4.95. The molecule has 2 aromatic rings. The molecule has 0 spiro atoms. The number of carbonyl (C=O) groups excluding carboxylic acids is 2. The van der Waals surface area contributed by atoms with Crippen LogP contribution in [0, 0.1) is 11.7 Å². The van der Waals surface area contributed by atoms with E-state index in [0.29, 0.717) is 25.3 Å². The summed E-state index contributed by atoms with van der Waals surface area (Å²) < 4.78 is 20.8. The highest BCUT2D eigenvalue weighted by Crippen LogP contribution is 2.21. The molecule has 1 aliphatic rings. The zero-order valence-electron chi connectivity index (χ0n) is 18.0. The predicted octanol–water partition coefficient (Wildman–Crippen LogP) is 3.73. The molecule has 0 N–H and O–H groups in total. The highest BCUT2D eigenvalue weighted by Gasteiger charge is 2.28. The van der Waals surface area contributed by atoms with Crippen molar-refractivity contribution in [2.45, 2.75) is 39.2 Å². The van der Waals surface area contributed by atoms with Crippen LogP contribution in [0.1, 0.15) is 44.1 Å². The highest BCUT2D eigenvalue weighted by atomic mass is 19.1. The summed E-state index contributed by atoms with van der Waals surface area (Å²) in [5, 5.41) is 4.27. The Balaban J connectivity index is 1.62. The van der Waals surface area contributed by atoms with Gasteiger partial charge in [-0.15, -0.1) is 0 Å². The Morgan fingerprint density at radius 1 is 1.27 bits per heavy atom. The van der Waals surface area contributed by atoms with Crippen LogP contribution in [-0.2, 0) is 4.74 Å². The largest absolute Gasteiger partial charge is 0.444 e. The van der Waals surface area contributed by atoms with Crippen molar-refractivity contribution in [2.24, 2.45) is 5.92 Å². The fraction of sp³-hybridized carbons (Fsp3) is 0.500. The molecule has 1 aromatic heterocycles. The lowest BCUT2D eigenvalue weighted by Crippen LogP contribution is -2.45. The van der Waals surface area contributed by atoms with Crippen LogP contribution in [0.15, 0.2) is 36.5 Å². The minimum atomic E-state index is -0.545. The van der Waals surface area contributed by atoms with Gasteiger partial charge in [-0.3, -0.25) is 4.79 Å². The van der Waals surface area contributed by atoms with Gasteiger partial charge in [0.15, 0.2) is 5.69 Å². The Bertz CT molecular complexity index is 906. The van der Waals surface area contributed by atoms with Gasteiger partial charge in [0.05, 0.1) is 0 Å². The summed E-state index contributed by atoms with van der Waals surface area (Å²) in [6.45, 7) is 7.19. The second-order valence-electron chi connectivity index (χ2n) is 8.72. The van der Waals surface area contributed by atoms with E-state index in [4.69, 9.17) is 4.74 Å². The number of ether oxygens (including phenoxy) is 1. The minimum absolute atomic E-state index is 0.161. The Kier molecular flexibility index (Phi) is 6.43. The van der Waals surface area contributed by atoms with Crippen LogP contribution in [0.4, 0.5) is 9.18 Å². The number of likely N-dealkylation sites (tertiary alicyclic amines) is 1. The van der Waals surface area contributed by atoms with Gasteiger partial charge in [0.1, 0.15) is 17.1 Å². The van der Waals surface area contributed by atoms with Crippen LogP contribution >= 0.6 is 0 Å². The molecular weight excluding hydrogens is 387 g/mol. The standard InChI is InChI=1S/C22H29FN4O3/c1-22(2,3)30-21(29)25(4)14-16-8-7-12-26(15-16)20(28)18-11-13-27(24-18)19-10-6-5-9-17(19)23/h5-6,9-11,13,16H,7-8,12,14-15H2,1-4H3. The van der Waals surface area contributed by atoms with Gasteiger partial charge in [0.25, 0.3) is 5.91 Å². The van der Waals surface area contributed by atoms with Gasteiger partial charge in [0.2, 0.25) is 0 Å².